The third-order valence-electron chi connectivity index (χ3n) is 2.45. The lowest BCUT2D eigenvalue weighted by Gasteiger charge is -1.99. The predicted octanol–water partition coefficient (Wildman–Crippen LogP) is 3.42. The van der Waals surface area contributed by atoms with E-state index in [0.29, 0.717) is 12.3 Å². The van der Waals surface area contributed by atoms with Gasteiger partial charge in [0, 0.05) is 20.9 Å². The minimum absolute atomic E-state index is 0.307. The number of aromatic nitrogens is 1. The molecule has 0 unspecified atom stereocenters. The van der Waals surface area contributed by atoms with Crippen molar-refractivity contribution in [3.8, 4) is 0 Å². The average Bonchev–Trinajstić information content (AvgIpc) is 2.58. The number of fused-ring (bicyclic) bond motifs is 1. The summed E-state index contributed by atoms with van der Waals surface area (Å²) in [4.78, 5) is 14.8. The Morgan fingerprint density at radius 1 is 1.50 bits per heavy atom. The zero-order valence-corrected chi connectivity index (χ0v) is 10.7. The van der Waals surface area contributed by atoms with E-state index in [1.807, 2.05) is 25.1 Å². The highest BCUT2D eigenvalue weighted by molar-refractivity contribution is 9.10. The molecule has 2 aromatic rings. The number of nitrogens with one attached hydrogen (secondary N) is 1. The normalized spacial score (nSPS) is 10.7. The van der Waals surface area contributed by atoms with E-state index in [4.69, 9.17) is 4.74 Å². The Morgan fingerprint density at radius 3 is 2.94 bits per heavy atom. The van der Waals surface area contributed by atoms with Crippen molar-refractivity contribution < 1.29 is 9.53 Å². The maximum Gasteiger partial charge on any atom is 0.355 e. The number of benzene rings is 1. The van der Waals surface area contributed by atoms with Crippen molar-refractivity contribution in [3.63, 3.8) is 0 Å². The standard InChI is InChI=1S/C12H12BrNO2/c1-3-16-12(15)11-8-5-4-6-9(13)10(8)7(2)14-11/h4-6,14H,3H2,1-2H3. The maximum absolute atomic E-state index is 11.7. The molecule has 0 spiro atoms. The monoisotopic (exact) mass is 281 g/mol. The van der Waals surface area contributed by atoms with Crippen LogP contribution in [0, 0.1) is 6.92 Å². The molecule has 0 atom stereocenters. The molecular formula is C12H12BrNO2. The van der Waals surface area contributed by atoms with E-state index < -0.39 is 0 Å². The van der Waals surface area contributed by atoms with Crippen LogP contribution in [0.5, 0.6) is 0 Å². The maximum atomic E-state index is 11.7. The van der Waals surface area contributed by atoms with Crippen LogP contribution in [0.2, 0.25) is 0 Å². The molecule has 1 N–H and O–H groups in total. The van der Waals surface area contributed by atoms with E-state index >= 15 is 0 Å². The van der Waals surface area contributed by atoms with Crippen molar-refractivity contribution in [3.05, 3.63) is 34.1 Å². The Hall–Kier alpha value is -1.29. The Bertz CT molecular complexity index is 545. The second kappa shape index (κ2) is 4.29. The number of hydrogen-bond acceptors (Lipinski definition) is 2. The first-order valence-electron chi connectivity index (χ1n) is 5.09. The topological polar surface area (TPSA) is 42.1 Å². The molecule has 0 aliphatic carbocycles. The summed E-state index contributed by atoms with van der Waals surface area (Å²) >= 11 is 3.48. The zero-order chi connectivity index (χ0) is 11.7. The fraction of sp³-hybridized carbons (Fsp3) is 0.250. The molecule has 4 heteroatoms. The molecule has 0 saturated carbocycles. The Balaban J connectivity index is 2.64. The number of aromatic amines is 1. The summed E-state index contributed by atoms with van der Waals surface area (Å²) in [5.41, 5.74) is 1.49. The average molecular weight is 282 g/mol. The molecule has 1 aromatic heterocycles. The van der Waals surface area contributed by atoms with E-state index in [2.05, 4.69) is 20.9 Å². The van der Waals surface area contributed by atoms with Crippen molar-refractivity contribution in [2.24, 2.45) is 0 Å². The third kappa shape index (κ3) is 1.73. The summed E-state index contributed by atoms with van der Waals surface area (Å²) in [6, 6.07) is 5.77. The van der Waals surface area contributed by atoms with Crippen molar-refractivity contribution in [1.82, 2.24) is 4.98 Å². The number of rotatable bonds is 2. The van der Waals surface area contributed by atoms with Crippen LogP contribution in [0.4, 0.5) is 0 Å². The first kappa shape index (κ1) is 11.2. The number of carbonyl (C=O) groups excluding carboxylic acids is 1. The molecule has 1 aromatic carbocycles. The molecule has 0 aliphatic rings. The molecule has 2 rings (SSSR count). The first-order chi connectivity index (χ1) is 7.65. The van der Waals surface area contributed by atoms with Crippen LogP contribution in [0.1, 0.15) is 23.1 Å². The van der Waals surface area contributed by atoms with Crippen LogP contribution in [-0.2, 0) is 4.74 Å². The molecule has 0 bridgehead atoms. The fourth-order valence-corrected chi connectivity index (χ4v) is 2.46. The van der Waals surface area contributed by atoms with Crippen molar-refractivity contribution in [2.75, 3.05) is 6.61 Å². The van der Waals surface area contributed by atoms with Gasteiger partial charge in [-0.25, -0.2) is 4.79 Å². The number of aryl methyl sites for hydroxylation is 1. The number of hydrogen-bond donors (Lipinski definition) is 1. The Kier molecular flexibility index (Phi) is 3.01. The predicted molar refractivity (Wildman–Crippen MR) is 66.7 cm³/mol. The highest BCUT2D eigenvalue weighted by Gasteiger charge is 2.16. The van der Waals surface area contributed by atoms with Crippen LogP contribution in [0.25, 0.3) is 10.8 Å². The van der Waals surface area contributed by atoms with Crippen molar-refractivity contribution in [1.29, 1.82) is 0 Å². The first-order valence-corrected chi connectivity index (χ1v) is 5.88. The molecule has 16 heavy (non-hydrogen) atoms. The molecule has 0 saturated heterocycles. The van der Waals surface area contributed by atoms with E-state index in [-0.39, 0.29) is 5.97 Å². The smallest absolute Gasteiger partial charge is 0.355 e. The van der Waals surface area contributed by atoms with Crippen molar-refractivity contribution in [2.45, 2.75) is 13.8 Å². The van der Waals surface area contributed by atoms with E-state index in [0.717, 1.165) is 20.9 Å². The number of ether oxygens (including phenoxy) is 1. The number of halogens is 1. The minimum Gasteiger partial charge on any atom is -0.461 e. The molecular weight excluding hydrogens is 270 g/mol. The minimum atomic E-state index is -0.307. The van der Waals surface area contributed by atoms with Gasteiger partial charge in [0.25, 0.3) is 0 Å². The highest BCUT2D eigenvalue weighted by atomic mass is 79.9. The molecule has 0 aliphatic heterocycles. The summed E-state index contributed by atoms with van der Waals surface area (Å²) in [6.07, 6.45) is 0. The lowest BCUT2D eigenvalue weighted by molar-refractivity contribution is 0.0522. The SMILES string of the molecule is CCOC(=O)c1[nH]c(C)c2c(Br)cccc12. The molecule has 0 radical (unpaired) electrons. The third-order valence-corrected chi connectivity index (χ3v) is 3.11. The van der Waals surface area contributed by atoms with Gasteiger partial charge in [0.05, 0.1) is 6.61 Å². The van der Waals surface area contributed by atoms with E-state index in [1.165, 1.54) is 0 Å². The Labute approximate surface area is 102 Å². The van der Waals surface area contributed by atoms with Crippen LogP contribution >= 0.6 is 15.9 Å². The summed E-state index contributed by atoms with van der Waals surface area (Å²) in [6.45, 7) is 4.12. The van der Waals surface area contributed by atoms with Crippen LogP contribution in [0.3, 0.4) is 0 Å². The van der Waals surface area contributed by atoms with Crippen LogP contribution in [-0.4, -0.2) is 17.6 Å². The lowest BCUT2D eigenvalue weighted by atomic mass is 10.1. The van der Waals surface area contributed by atoms with Crippen molar-refractivity contribution >= 4 is 32.7 Å². The molecule has 0 fully saturated rings. The van der Waals surface area contributed by atoms with Gasteiger partial charge in [-0.05, 0) is 19.9 Å². The van der Waals surface area contributed by atoms with Gasteiger partial charge in [-0.3, -0.25) is 0 Å². The molecule has 1 heterocycles. The molecule has 0 amide bonds. The lowest BCUT2D eigenvalue weighted by Crippen LogP contribution is -2.05. The van der Waals surface area contributed by atoms with Gasteiger partial charge in [0.2, 0.25) is 0 Å². The van der Waals surface area contributed by atoms with Crippen LogP contribution in [0.15, 0.2) is 22.7 Å². The summed E-state index contributed by atoms with van der Waals surface area (Å²) in [7, 11) is 0. The van der Waals surface area contributed by atoms with Gasteiger partial charge in [-0.15, -0.1) is 0 Å². The van der Waals surface area contributed by atoms with Gasteiger partial charge < -0.3 is 9.72 Å². The van der Waals surface area contributed by atoms with Gasteiger partial charge in [-0.2, -0.15) is 0 Å². The second-order valence-electron chi connectivity index (χ2n) is 3.51. The quantitative estimate of drug-likeness (QED) is 0.857. The summed E-state index contributed by atoms with van der Waals surface area (Å²) in [5.74, 6) is -0.307. The number of H-pyrrole nitrogens is 1. The van der Waals surface area contributed by atoms with Gasteiger partial charge in [-0.1, -0.05) is 28.1 Å². The van der Waals surface area contributed by atoms with E-state index in [9.17, 15) is 4.79 Å². The Morgan fingerprint density at radius 2 is 2.25 bits per heavy atom. The second-order valence-corrected chi connectivity index (χ2v) is 4.36. The largest absolute Gasteiger partial charge is 0.461 e. The summed E-state index contributed by atoms with van der Waals surface area (Å²) in [5, 5.41) is 1.93. The number of esters is 1. The number of carbonyl (C=O) groups is 1. The highest BCUT2D eigenvalue weighted by Crippen LogP contribution is 2.29. The fourth-order valence-electron chi connectivity index (χ4n) is 1.80. The zero-order valence-electron chi connectivity index (χ0n) is 9.13. The van der Waals surface area contributed by atoms with Gasteiger partial charge in [0.15, 0.2) is 0 Å². The molecule has 3 nitrogen and oxygen atoms in total. The van der Waals surface area contributed by atoms with Gasteiger partial charge in [0.1, 0.15) is 5.69 Å². The summed E-state index contributed by atoms with van der Waals surface area (Å²) < 4.78 is 5.98. The van der Waals surface area contributed by atoms with E-state index in [1.54, 1.807) is 6.92 Å². The van der Waals surface area contributed by atoms with Gasteiger partial charge >= 0.3 is 5.97 Å². The van der Waals surface area contributed by atoms with Crippen LogP contribution < -0.4 is 0 Å². The molecule has 84 valence electrons.